The molecule has 0 saturated heterocycles. The molecule has 0 bridgehead atoms. The summed E-state index contributed by atoms with van der Waals surface area (Å²) >= 11 is 0. The molecule has 13 heavy (non-hydrogen) atoms. The summed E-state index contributed by atoms with van der Waals surface area (Å²) in [5, 5.41) is 0. The van der Waals surface area contributed by atoms with Crippen molar-refractivity contribution in [2.75, 3.05) is 6.54 Å². The SMILES string of the molecule is C=C(CCN)c1ccc(F)c(F)c1. The highest BCUT2D eigenvalue weighted by molar-refractivity contribution is 5.63. The molecule has 0 aliphatic heterocycles. The average Bonchev–Trinajstić information content (AvgIpc) is 2.10. The van der Waals surface area contributed by atoms with Gasteiger partial charge < -0.3 is 5.73 Å². The van der Waals surface area contributed by atoms with Crippen LogP contribution in [0, 0.1) is 11.6 Å². The zero-order chi connectivity index (χ0) is 9.84. The van der Waals surface area contributed by atoms with Crippen LogP contribution in [0.1, 0.15) is 12.0 Å². The van der Waals surface area contributed by atoms with Crippen LogP contribution >= 0.6 is 0 Å². The maximum atomic E-state index is 12.7. The van der Waals surface area contributed by atoms with E-state index in [-0.39, 0.29) is 0 Å². The molecule has 2 N–H and O–H groups in total. The summed E-state index contributed by atoms with van der Waals surface area (Å²) in [6, 6.07) is 3.72. The van der Waals surface area contributed by atoms with Crippen LogP contribution in [0.3, 0.4) is 0 Å². The number of halogens is 2. The van der Waals surface area contributed by atoms with Gasteiger partial charge in [0.2, 0.25) is 0 Å². The van der Waals surface area contributed by atoms with Gasteiger partial charge in [-0.05, 0) is 36.2 Å². The Bertz CT molecular complexity index is 321. The molecule has 0 heterocycles. The Morgan fingerprint density at radius 1 is 1.31 bits per heavy atom. The first-order valence-electron chi connectivity index (χ1n) is 3.98. The standard InChI is InChI=1S/C10H11F2N/c1-7(4-5-13)8-2-3-9(11)10(12)6-8/h2-3,6H,1,4-5,13H2. The van der Waals surface area contributed by atoms with E-state index in [1.54, 1.807) is 0 Å². The van der Waals surface area contributed by atoms with Gasteiger partial charge in [-0.15, -0.1) is 0 Å². The van der Waals surface area contributed by atoms with Crippen molar-refractivity contribution in [1.29, 1.82) is 0 Å². The van der Waals surface area contributed by atoms with E-state index in [1.807, 2.05) is 0 Å². The molecule has 0 amide bonds. The Hall–Kier alpha value is -1.22. The van der Waals surface area contributed by atoms with E-state index in [1.165, 1.54) is 6.07 Å². The summed E-state index contributed by atoms with van der Waals surface area (Å²) in [5.41, 5.74) is 6.63. The Morgan fingerprint density at radius 2 is 2.00 bits per heavy atom. The van der Waals surface area contributed by atoms with Crippen molar-refractivity contribution < 1.29 is 8.78 Å². The van der Waals surface area contributed by atoms with E-state index >= 15 is 0 Å². The summed E-state index contributed by atoms with van der Waals surface area (Å²) in [5.74, 6) is -1.69. The normalized spacial score (nSPS) is 10.1. The van der Waals surface area contributed by atoms with Gasteiger partial charge in [0.1, 0.15) is 0 Å². The maximum absolute atomic E-state index is 12.7. The van der Waals surface area contributed by atoms with Gasteiger partial charge in [-0.1, -0.05) is 12.6 Å². The molecule has 0 aliphatic rings. The lowest BCUT2D eigenvalue weighted by atomic mass is 10.0. The molecule has 0 spiro atoms. The molecular weight excluding hydrogens is 172 g/mol. The van der Waals surface area contributed by atoms with Crippen molar-refractivity contribution in [2.45, 2.75) is 6.42 Å². The highest BCUT2D eigenvalue weighted by Gasteiger charge is 2.04. The summed E-state index contributed by atoms with van der Waals surface area (Å²) in [4.78, 5) is 0. The fourth-order valence-electron chi connectivity index (χ4n) is 1.03. The van der Waals surface area contributed by atoms with Crippen LogP contribution in [0.2, 0.25) is 0 Å². The van der Waals surface area contributed by atoms with Gasteiger partial charge in [0.25, 0.3) is 0 Å². The van der Waals surface area contributed by atoms with Gasteiger partial charge in [0.15, 0.2) is 11.6 Å². The molecule has 0 aliphatic carbocycles. The lowest BCUT2D eigenvalue weighted by molar-refractivity contribution is 0.508. The molecule has 0 atom stereocenters. The van der Waals surface area contributed by atoms with E-state index < -0.39 is 11.6 Å². The first-order chi connectivity index (χ1) is 6.15. The van der Waals surface area contributed by atoms with E-state index in [4.69, 9.17) is 5.73 Å². The third-order valence-electron chi connectivity index (χ3n) is 1.77. The fraction of sp³-hybridized carbons (Fsp3) is 0.200. The summed E-state index contributed by atoms with van der Waals surface area (Å²) < 4.78 is 25.3. The van der Waals surface area contributed by atoms with Gasteiger partial charge in [-0.2, -0.15) is 0 Å². The van der Waals surface area contributed by atoms with Gasteiger partial charge >= 0.3 is 0 Å². The number of rotatable bonds is 3. The van der Waals surface area contributed by atoms with Crippen LogP contribution in [0.5, 0.6) is 0 Å². The van der Waals surface area contributed by atoms with Gasteiger partial charge in [-0.3, -0.25) is 0 Å². The quantitative estimate of drug-likeness (QED) is 0.764. The molecule has 0 unspecified atom stereocenters. The van der Waals surface area contributed by atoms with Crippen LogP contribution < -0.4 is 5.73 Å². The van der Waals surface area contributed by atoms with Crippen LogP contribution in [-0.2, 0) is 0 Å². The van der Waals surface area contributed by atoms with Gasteiger partial charge in [-0.25, -0.2) is 8.78 Å². The minimum absolute atomic E-state index is 0.456. The minimum Gasteiger partial charge on any atom is -0.330 e. The molecular formula is C10H11F2N. The van der Waals surface area contributed by atoms with E-state index in [0.717, 1.165) is 17.7 Å². The zero-order valence-electron chi connectivity index (χ0n) is 7.19. The molecule has 0 saturated carbocycles. The predicted molar refractivity (Wildman–Crippen MR) is 49.1 cm³/mol. The molecule has 0 fully saturated rings. The largest absolute Gasteiger partial charge is 0.330 e. The zero-order valence-corrected chi connectivity index (χ0v) is 7.19. The van der Waals surface area contributed by atoms with Crippen molar-refractivity contribution in [3.05, 3.63) is 42.0 Å². The Kier molecular flexibility index (Phi) is 3.14. The molecule has 70 valence electrons. The van der Waals surface area contributed by atoms with Gasteiger partial charge in [0, 0.05) is 0 Å². The maximum Gasteiger partial charge on any atom is 0.159 e. The molecule has 1 aromatic carbocycles. The van der Waals surface area contributed by atoms with Crippen LogP contribution in [0.4, 0.5) is 8.78 Å². The van der Waals surface area contributed by atoms with E-state index in [2.05, 4.69) is 6.58 Å². The molecule has 1 rings (SSSR count). The Morgan fingerprint density at radius 3 is 2.54 bits per heavy atom. The number of hydrogen-bond donors (Lipinski definition) is 1. The second kappa shape index (κ2) is 4.14. The lowest BCUT2D eigenvalue weighted by Gasteiger charge is -2.04. The molecule has 1 aromatic rings. The van der Waals surface area contributed by atoms with Crippen molar-refractivity contribution in [3.63, 3.8) is 0 Å². The topological polar surface area (TPSA) is 26.0 Å². The molecule has 0 radical (unpaired) electrons. The second-order valence-corrected chi connectivity index (χ2v) is 2.77. The summed E-state index contributed by atoms with van der Waals surface area (Å²) in [7, 11) is 0. The predicted octanol–water partition coefficient (Wildman–Crippen LogP) is 2.33. The van der Waals surface area contributed by atoms with Crippen molar-refractivity contribution >= 4 is 5.57 Å². The highest BCUT2D eigenvalue weighted by Crippen LogP contribution is 2.17. The van der Waals surface area contributed by atoms with Crippen molar-refractivity contribution in [1.82, 2.24) is 0 Å². The molecule has 0 aromatic heterocycles. The van der Waals surface area contributed by atoms with Crippen LogP contribution in [-0.4, -0.2) is 6.54 Å². The first kappa shape index (κ1) is 9.86. The molecule has 1 nitrogen and oxygen atoms in total. The third kappa shape index (κ3) is 2.36. The van der Waals surface area contributed by atoms with E-state index in [9.17, 15) is 8.78 Å². The number of nitrogens with two attached hydrogens (primary N) is 1. The molecule has 3 heteroatoms. The number of hydrogen-bond acceptors (Lipinski definition) is 1. The van der Waals surface area contributed by atoms with Crippen LogP contribution in [0.25, 0.3) is 5.57 Å². The Balaban J connectivity index is 2.90. The van der Waals surface area contributed by atoms with Crippen molar-refractivity contribution in [3.8, 4) is 0 Å². The van der Waals surface area contributed by atoms with Gasteiger partial charge in [0.05, 0.1) is 0 Å². The Labute approximate surface area is 75.9 Å². The monoisotopic (exact) mass is 183 g/mol. The van der Waals surface area contributed by atoms with E-state index in [0.29, 0.717) is 18.5 Å². The second-order valence-electron chi connectivity index (χ2n) is 2.77. The summed E-state index contributed by atoms with van der Waals surface area (Å²) in [6.45, 7) is 4.17. The lowest BCUT2D eigenvalue weighted by Crippen LogP contribution is -1.99. The van der Waals surface area contributed by atoms with Crippen molar-refractivity contribution in [2.24, 2.45) is 5.73 Å². The van der Waals surface area contributed by atoms with Crippen LogP contribution in [0.15, 0.2) is 24.8 Å². The average molecular weight is 183 g/mol. The fourth-order valence-corrected chi connectivity index (χ4v) is 1.03. The summed E-state index contributed by atoms with van der Waals surface area (Å²) in [6.07, 6.45) is 0.588. The smallest absolute Gasteiger partial charge is 0.159 e. The first-order valence-corrected chi connectivity index (χ1v) is 3.98. The highest BCUT2D eigenvalue weighted by atomic mass is 19.2. The third-order valence-corrected chi connectivity index (χ3v) is 1.77. The minimum atomic E-state index is -0.851. The number of benzene rings is 1.